The molecule has 0 aromatic rings. The molecule has 0 aromatic heterocycles. The highest BCUT2D eigenvalue weighted by Gasteiger charge is 2.26. The van der Waals surface area contributed by atoms with Gasteiger partial charge in [0.05, 0.1) is 6.54 Å². The van der Waals surface area contributed by atoms with Gasteiger partial charge in [0.2, 0.25) is 0 Å². The van der Waals surface area contributed by atoms with E-state index in [2.05, 4.69) is 16.7 Å². The van der Waals surface area contributed by atoms with Crippen LogP contribution in [0.15, 0.2) is 0 Å². The summed E-state index contributed by atoms with van der Waals surface area (Å²) in [6.45, 7) is 6.58. The molecule has 1 N–H and O–H groups in total. The van der Waals surface area contributed by atoms with Crippen LogP contribution in [-0.4, -0.2) is 59.6 Å². The van der Waals surface area contributed by atoms with Crippen LogP contribution < -0.4 is 0 Å². The number of rotatable bonds is 4. The van der Waals surface area contributed by atoms with E-state index in [1.807, 2.05) is 0 Å². The Morgan fingerprint density at radius 2 is 1.84 bits per heavy atom. The van der Waals surface area contributed by atoms with Crippen LogP contribution in [0.3, 0.4) is 0 Å². The lowest BCUT2D eigenvalue weighted by Gasteiger charge is -2.36. The normalized spacial score (nSPS) is 25.9. The minimum atomic E-state index is -0.700. The van der Waals surface area contributed by atoms with Gasteiger partial charge in [-0.25, -0.2) is 0 Å². The quantitative estimate of drug-likeness (QED) is 0.847. The van der Waals surface area contributed by atoms with Gasteiger partial charge in [0.15, 0.2) is 0 Å². The van der Waals surface area contributed by atoms with Crippen molar-refractivity contribution < 1.29 is 9.90 Å². The number of hydrogen-bond acceptors (Lipinski definition) is 3. The molecule has 2 rings (SSSR count). The molecule has 1 heterocycles. The maximum atomic E-state index is 10.8. The van der Waals surface area contributed by atoms with E-state index in [9.17, 15) is 4.79 Å². The van der Waals surface area contributed by atoms with Crippen LogP contribution in [-0.2, 0) is 4.79 Å². The third-order valence-electron chi connectivity index (χ3n) is 4.89. The fourth-order valence-electron chi connectivity index (χ4n) is 3.66. The van der Waals surface area contributed by atoms with Gasteiger partial charge in [-0.1, -0.05) is 19.3 Å². The van der Waals surface area contributed by atoms with E-state index < -0.39 is 5.97 Å². The molecule has 1 saturated carbocycles. The van der Waals surface area contributed by atoms with Crippen molar-refractivity contribution in [1.82, 2.24) is 9.80 Å². The fraction of sp³-hybridized carbons (Fsp3) is 0.933. The van der Waals surface area contributed by atoms with E-state index in [1.165, 1.54) is 32.1 Å². The van der Waals surface area contributed by atoms with Gasteiger partial charge < -0.3 is 5.11 Å². The largest absolute Gasteiger partial charge is 0.480 e. The number of hydrogen-bond donors (Lipinski definition) is 1. The Balaban J connectivity index is 1.82. The lowest BCUT2D eigenvalue weighted by Crippen LogP contribution is -2.42. The van der Waals surface area contributed by atoms with Crippen molar-refractivity contribution in [3.63, 3.8) is 0 Å². The van der Waals surface area contributed by atoms with Gasteiger partial charge >= 0.3 is 5.97 Å². The highest BCUT2D eigenvalue weighted by atomic mass is 16.4. The molecule has 1 aliphatic carbocycles. The first-order valence-electron chi connectivity index (χ1n) is 7.85. The lowest BCUT2D eigenvalue weighted by molar-refractivity contribution is -0.138. The molecule has 0 bridgehead atoms. The zero-order valence-corrected chi connectivity index (χ0v) is 12.2. The minimum Gasteiger partial charge on any atom is -0.480 e. The first kappa shape index (κ1) is 14.8. The van der Waals surface area contributed by atoms with Crippen molar-refractivity contribution in [3.05, 3.63) is 0 Å². The predicted octanol–water partition coefficient (Wildman–Crippen LogP) is 2.05. The minimum absolute atomic E-state index is 0.200. The van der Waals surface area contributed by atoms with E-state index in [0.29, 0.717) is 6.04 Å². The summed E-state index contributed by atoms with van der Waals surface area (Å²) in [5.41, 5.74) is 0. The van der Waals surface area contributed by atoms with Crippen molar-refractivity contribution in [2.24, 2.45) is 5.92 Å². The second-order valence-electron chi connectivity index (χ2n) is 6.20. The lowest BCUT2D eigenvalue weighted by atomic mass is 9.84. The Bertz CT molecular complexity index is 290. The summed E-state index contributed by atoms with van der Waals surface area (Å²) in [4.78, 5) is 15.5. The molecule has 19 heavy (non-hydrogen) atoms. The molecule has 4 heteroatoms. The second-order valence-corrected chi connectivity index (χ2v) is 6.20. The highest BCUT2D eigenvalue weighted by molar-refractivity contribution is 5.69. The Hall–Kier alpha value is -0.610. The van der Waals surface area contributed by atoms with E-state index in [0.717, 1.165) is 38.5 Å². The van der Waals surface area contributed by atoms with Gasteiger partial charge in [0.25, 0.3) is 0 Å². The van der Waals surface area contributed by atoms with Crippen molar-refractivity contribution in [3.8, 4) is 0 Å². The molecule has 0 aromatic carbocycles. The van der Waals surface area contributed by atoms with Gasteiger partial charge in [-0.15, -0.1) is 0 Å². The molecule has 0 spiro atoms. The van der Waals surface area contributed by atoms with E-state index in [-0.39, 0.29) is 6.54 Å². The fourth-order valence-corrected chi connectivity index (χ4v) is 3.66. The molecule has 1 unspecified atom stereocenters. The first-order chi connectivity index (χ1) is 9.16. The Kier molecular flexibility index (Phi) is 5.64. The Morgan fingerprint density at radius 3 is 2.53 bits per heavy atom. The maximum Gasteiger partial charge on any atom is 0.317 e. The van der Waals surface area contributed by atoms with E-state index >= 15 is 0 Å². The molecular weight excluding hydrogens is 240 g/mol. The summed E-state index contributed by atoms with van der Waals surface area (Å²) in [5.74, 6) is 0.161. The molecule has 0 amide bonds. The number of carbonyl (C=O) groups is 1. The monoisotopic (exact) mass is 268 g/mol. The van der Waals surface area contributed by atoms with Gasteiger partial charge in [-0.2, -0.15) is 0 Å². The van der Waals surface area contributed by atoms with E-state index in [4.69, 9.17) is 5.11 Å². The van der Waals surface area contributed by atoms with Crippen molar-refractivity contribution >= 4 is 5.97 Å². The third-order valence-corrected chi connectivity index (χ3v) is 4.89. The predicted molar refractivity (Wildman–Crippen MR) is 76.3 cm³/mol. The third kappa shape index (κ3) is 4.46. The van der Waals surface area contributed by atoms with Gasteiger partial charge in [-0.3, -0.25) is 14.6 Å². The number of aliphatic carboxylic acids is 1. The van der Waals surface area contributed by atoms with E-state index in [1.54, 1.807) is 0 Å². The first-order valence-corrected chi connectivity index (χ1v) is 7.85. The maximum absolute atomic E-state index is 10.8. The summed E-state index contributed by atoms with van der Waals surface area (Å²) < 4.78 is 0. The number of nitrogens with zero attached hydrogens (tertiary/aromatic N) is 2. The van der Waals surface area contributed by atoms with Crippen LogP contribution in [0.1, 0.15) is 45.4 Å². The summed E-state index contributed by atoms with van der Waals surface area (Å²) in [6, 6.07) is 0.671. The summed E-state index contributed by atoms with van der Waals surface area (Å²) in [7, 11) is 0. The number of carboxylic acids is 1. The van der Waals surface area contributed by atoms with Gasteiger partial charge in [0.1, 0.15) is 0 Å². The number of carboxylic acid groups (broad SMARTS) is 1. The molecule has 110 valence electrons. The second kappa shape index (κ2) is 7.25. The average Bonchev–Trinajstić information content (AvgIpc) is 2.64. The molecule has 1 atom stereocenters. The molecule has 4 nitrogen and oxygen atoms in total. The zero-order valence-electron chi connectivity index (χ0n) is 12.2. The van der Waals surface area contributed by atoms with Crippen molar-refractivity contribution in [2.75, 3.05) is 32.7 Å². The summed E-state index contributed by atoms with van der Waals surface area (Å²) in [5, 5.41) is 8.88. The van der Waals surface area contributed by atoms with Crippen LogP contribution in [0.25, 0.3) is 0 Å². The average molecular weight is 268 g/mol. The summed E-state index contributed by atoms with van der Waals surface area (Å²) >= 11 is 0. The molecular formula is C15H28N2O2. The Labute approximate surface area is 116 Å². The standard InChI is InChI=1S/C15H28N2O2/c1-13(14-6-3-2-4-7-14)17-9-5-8-16(10-11-17)12-15(18)19/h13-14H,2-12H2,1H3,(H,18,19). The van der Waals surface area contributed by atoms with Crippen LogP contribution in [0.5, 0.6) is 0 Å². The molecule has 0 radical (unpaired) electrons. The van der Waals surface area contributed by atoms with Crippen LogP contribution in [0, 0.1) is 5.92 Å². The van der Waals surface area contributed by atoms with Crippen LogP contribution >= 0.6 is 0 Å². The van der Waals surface area contributed by atoms with Gasteiger partial charge in [0, 0.05) is 25.7 Å². The molecule has 2 fully saturated rings. The van der Waals surface area contributed by atoms with Crippen LogP contribution in [0.4, 0.5) is 0 Å². The highest BCUT2D eigenvalue weighted by Crippen LogP contribution is 2.29. The molecule has 2 aliphatic rings. The molecule has 1 aliphatic heterocycles. The van der Waals surface area contributed by atoms with Crippen molar-refractivity contribution in [2.45, 2.75) is 51.5 Å². The van der Waals surface area contributed by atoms with Crippen molar-refractivity contribution in [1.29, 1.82) is 0 Å². The topological polar surface area (TPSA) is 43.8 Å². The SMILES string of the molecule is CC(C1CCCCC1)N1CCCN(CC(=O)O)CC1. The zero-order chi connectivity index (χ0) is 13.7. The molecule has 1 saturated heterocycles. The smallest absolute Gasteiger partial charge is 0.317 e. The van der Waals surface area contributed by atoms with Gasteiger partial charge in [-0.05, 0) is 38.6 Å². The van der Waals surface area contributed by atoms with Crippen LogP contribution in [0.2, 0.25) is 0 Å². The Morgan fingerprint density at radius 1 is 1.11 bits per heavy atom. The summed E-state index contributed by atoms with van der Waals surface area (Å²) in [6.07, 6.45) is 8.08.